The summed E-state index contributed by atoms with van der Waals surface area (Å²) >= 11 is 0. The van der Waals surface area contributed by atoms with E-state index in [2.05, 4.69) is 11.7 Å². The standard InChI is InChI=1S/C12H13N3/c1-2-10-14(15-11-6-9-13-15)12-7-4-3-5-8-12/h2-9,11H,1,10H2. The van der Waals surface area contributed by atoms with Gasteiger partial charge in [0.2, 0.25) is 0 Å². The predicted octanol–water partition coefficient (Wildman–Crippen LogP) is 2.34. The highest BCUT2D eigenvalue weighted by Crippen LogP contribution is 2.13. The number of anilines is 1. The maximum atomic E-state index is 4.21. The van der Waals surface area contributed by atoms with Crippen molar-refractivity contribution in [3.8, 4) is 0 Å². The molecule has 1 aromatic carbocycles. The molecule has 0 saturated heterocycles. The van der Waals surface area contributed by atoms with Gasteiger partial charge in [-0.15, -0.1) is 6.58 Å². The van der Waals surface area contributed by atoms with E-state index in [0.717, 1.165) is 12.2 Å². The molecule has 0 spiro atoms. The van der Waals surface area contributed by atoms with Crippen LogP contribution in [0.25, 0.3) is 0 Å². The van der Waals surface area contributed by atoms with E-state index in [4.69, 9.17) is 0 Å². The van der Waals surface area contributed by atoms with E-state index in [1.54, 1.807) is 11.0 Å². The van der Waals surface area contributed by atoms with Gasteiger partial charge in [-0.25, -0.2) is 0 Å². The molecule has 1 aromatic heterocycles. The Hall–Kier alpha value is -2.03. The Morgan fingerprint density at radius 2 is 2.07 bits per heavy atom. The van der Waals surface area contributed by atoms with Crippen LogP contribution >= 0.6 is 0 Å². The lowest BCUT2D eigenvalue weighted by molar-refractivity contribution is 0.645. The van der Waals surface area contributed by atoms with Crippen LogP contribution in [0, 0.1) is 0 Å². The van der Waals surface area contributed by atoms with Crippen molar-refractivity contribution in [3.63, 3.8) is 0 Å². The molecule has 3 heteroatoms. The quantitative estimate of drug-likeness (QED) is 0.705. The van der Waals surface area contributed by atoms with Gasteiger partial charge in [0.15, 0.2) is 0 Å². The van der Waals surface area contributed by atoms with Crippen LogP contribution in [0.3, 0.4) is 0 Å². The molecular weight excluding hydrogens is 186 g/mol. The molecule has 3 nitrogen and oxygen atoms in total. The predicted molar refractivity (Wildman–Crippen MR) is 61.6 cm³/mol. The van der Waals surface area contributed by atoms with Crippen molar-refractivity contribution >= 4 is 5.69 Å². The van der Waals surface area contributed by atoms with Crippen molar-refractivity contribution < 1.29 is 0 Å². The van der Waals surface area contributed by atoms with Crippen LogP contribution in [0.15, 0.2) is 61.4 Å². The van der Waals surface area contributed by atoms with E-state index in [-0.39, 0.29) is 0 Å². The van der Waals surface area contributed by atoms with Crippen LogP contribution < -0.4 is 5.01 Å². The van der Waals surface area contributed by atoms with Crippen molar-refractivity contribution in [2.24, 2.45) is 0 Å². The minimum Gasteiger partial charge on any atom is -0.262 e. The Labute approximate surface area is 89.2 Å². The highest BCUT2D eigenvalue weighted by molar-refractivity contribution is 5.45. The maximum absolute atomic E-state index is 4.21. The van der Waals surface area contributed by atoms with Crippen LogP contribution in [0.5, 0.6) is 0 Å². The SMILES string of the molecule is C=CCN(c1ccccc1)n1cccn1. The molecule has 0 saturated carbocycles. The molecule has 0 fully saturated rings. The van der Waals surface area contributed by atoms with Gasteiger partial charge in [0.05, 0.1) is 18.4 Å². The fourth-order valence-electron chi connectivity index (χ4n) is 1.43. The van der Waals surface area contributed by atoms with E-state index < -0.39 is 0 Å². The molecule has 15 heavy (non-hydrogen) atoms. The highest BCUT2D eigenvalue weighted by Gasteiger charge is 2.05. The largest absolute Gasteiger partial charge is 0.262 e. The van der Waals surface area contributed by atoms with Gasteiger partial charge in [0.1, 0.15) is 0 Å². The topological polar surface area (TPSA) is 21.1 Å². The summed E-state index contributed by atoms with van der Waals surface area (Å²) in [5.74, 6) is 0. The number of aromatic nitrogens is 2. The van der Waals surface area contributed by atoms with Crippen molar-refractivity contribution in [1.82, 2.24) is 9.89 Å². The lowest BCUT2D eigenvalue weighted by atomic mass is 10.3. The zero-order valence-corrected chi connectivity index (χ0v) is 8.45. The van der Waals surface area contributed by atoms with Gasteiger partial charge < -0.3 is 0 Å². The molecule has 0 radical (unpaired) electrons. The molecule has 0 aliphatic heterocycles. The Morgan fingerprint density at radius 1 is 1.27 bits per heavy atom. The Balaban J connectivity index is 2.32. The summed E-state index contributed by atoms with van der Waals surface area (Å²) in [4.78, 5) is 1.80. The van der Waals surface area contributed by atoms with Crippen LogP contribution in [0.1, 0.15) is 0 Å². The van der Waals surface area contributed by atoms with E-state index in [9.17, 15) is 0 Å². The molecule has 0 amide bonds. The van der Waals surface area contributed by atoms with Gasteiger partial charge in [0.25, 0.3) is 0 Å². The Morgan fingerprint density at radius 3 is 2.67 bits per heavy atom. The molecule has 2 aromatic rings. The third-order valence-corrected chi connectivity index (χ3v) is 2.09. The second-order valence-corrected chi connectivity index (χ2v) is 3.13. The number of benzene rings is 1. The van der Waals surface area contributed by atoms with Gasteiger partial charge in [-0.2, -0.15) is 9.89 Å². The lowest BCUT2D eigenvalue weighted by Crippen LogP contribution is -2.29. The van der Waals surface area contributed by atoms with Crippen LogP contribution in [0.4, 0.5) is 5.69 Å². The fraction of sp³-hybridized carbons (Fsp3) is 0.0833. The second kappa shape index (κ2) is 4.46. The monoisotopic (exact) mass is 199 g/mol. The van der Waals surface area contributed by atoms with E-state index in [0.29, 0.717) is 0 Å². The van der Waals surface area contributed by atoms with Crippen molar-refractivity contribution in [3.05, 3.63) is 61.4 Å². The van der Waals surface area contributed by atoms with Crippen molar-refractivity contribution in [2.45, 2.75) is 0 Å². The first-order valence-corrected chi connectivity index (χ1v) is 4.85. The molecule has 0 aliphatic rings. The van der Waals surface area contributed by atoms with E-state index in [1.807, 2.05) is 53.7 Å². The summed E-state index contributed by atoms with van der Waals surface area (Å²) in [5.41, 5.74) is 1.10. The van der Waals surface area contributed by atoms with Crippen LogP contribution in [-0.2, 0) is 0 Å². The minimum absolute atomic E-state index is 0.728. The summed E-state index contributed by atoms with van der Waals surface area (Å²) in [6, 6.07) is 12.0. The average molecular weight is 199 g/mol. The molecule has 0 bridgehead atoms. The summed E-state index contributed by atoms with van der Waals surface area (Å²) in [7, 11) is 0. The number of hydrogen-bond acceptors (Lipinski definition) is 2. The zero-order valence-electron chi connectivity index (χ0n) is 8.45. The number of hydrogen-bond donors (Lipinski definition) is 0. The Bertz CT molecular complexity index is 406. The van der Waals surface area contributed by atoms with Gasteiger partial charge in [-0.05, 0) is 18.2 Å². The highest BCUT2D eigenvalue weighted by atomic mass is 15.6. The second-order valence-electron chi connectivity index (χ2n) is 3.13. The molecule has 76 valence electrons. The van der Waals surface area contributed by atoms with Gasteiger partial charge in [-0.3, -0.25) is 5.01 Å². The fourth-order valence-corrected chi connectivity index (χ4v) is 1.43. The smallest absolute Gasteiger partial charge is 0.0597 e. The zero-order chi connectivity index (χ0) is 10.5. The molecule has 0 aliphatic carbocycles. The van der Waals surface area contributed by atoms with Crippen molar-refractivity contribution in [1.29, 1.82) is 0 Å². The molecule has 0 atom stereocenters. The lowest BCUT2D eigenvalue weighted by Gasteiger charge is -2.22. The molecule has 0 N–H and O–H groups in total. The van der Waals surface area contributed by atoms with Crippen LogP contribution in [0.2, 0.25) is 0 Å². The summed E-state index contributed by atoms with van der Waals surface area (Å²) in [6.07, 6.45) is 5.53. The normalized spacial score (nSPS) is 9.87. The van der Waals surface area contributed by atoms with Crippen molar-refractivity contribution in [2.75, 3.05) is 11.6 Å². The first-order chi connectivity index (χ1) is 7.42. The van der Waals surface area contributed by atoms with Gasteiger partial charge in [-0.1, -0.05) is 24.3 Å². The van der Waals surface area contributed by atoms with Gasteiger partial charge >= 0.3 is 0 Å². The van der Waals surface area contributed by atoms with E-state index in [1.165, 1.54) is 0 Å². The average Bonchev–Trinajstić information content (AvgIpc) is 2.80. The molecule has 2 rings (SSSR count). The summed E-state index contributed by atoms with van der Waals surface area (Å²) < 4.78 is 0. The third kappa shape index (κ3) is 2.07. The molecule has 0 unspecified atom stereocenters. The molecule has 1 heterocycles. The first-order valence-electron chi connectivity index (χ1n) is 4.85. The number of rotatable bonds is 4. The first kappa shape index (κ1) is 9.52. The van der Waals surface area contributed by atoms with E-state index >= 15 is 0 Å². The number of para-hydroxylation sites is 1. The van der Waals surface area contributed by atoms with Crippen LogP contribution in [-0.4, -0.2) is 16.4 Å². The Kier molecular flexibility index (Phi) is 2.83. The number of nitrogens with zero attached hydrogens (tertiary/aromatic N) is 3. The summed E-state index contributed by atoms with van der Waals surface area (Å²) in [6.45, 7) is 4.48. The maximum Gasteiger partial charge on any atom is 0.0597 e. The third-order valence-electron chi connectivity index (χ3n) is 2.09. The minimum atomic E-state index is 0.728. The molecular formula is C12H13N3. The summed E-state index contributed by atoms with van der Waals surface area (Å²) in [5, 5.41) is 6.24. The van der Waals surface area contributed by atoms with Gasteiger partial charge in [0, 0.05) is 6.20 Å².